The summed E-state index contributed by atoms with van der Waals surface area (Å²) in [5.74, 6) is 0.750. The van der Waals surface area contributed by atoms with E-state index in [9.17, 15) is 4.79 Å². The summed E-state index contributed by atoms with van der Waals surface area (Å²) in [5, 5.41) is 4.02. The zero-order valence-corrected chi connectivity index (χ0v) is 17.3. The molecule has 0 aliphatic carbocycles. The van der Waals surface area contributed by atoms with Crippen molar-refractivity contribution < 1.29 is 4.79 Å². The van der Waals surface area contributed by atoms with E-state index in [4.69, 9.17) is 23.2 Å². The third kappa shape index (κ3) is 4.29. The average molecular weight is 424 g/mol. The number of hydrogen-bond donors (Lipinski definition) is 1. The second-order valence-corrected chi connectivity index (χ2v) is 7.68. The van der Waals surface area contributed by atoms with Crippen LogP contribution in [0.1, 0.15) is 27.3 Å². The topological polar surface area (TPSA) is 46.9 Å². The molecule has 3 aromatic carbocycles. The molecule has 146 valence electrons. The Morgan fingerprint density at radius 3 is 2.52 bits per heavy atom. The first kappa shape index (κ1) is 19.5. The lowest BCUT2D eigenvalue weighted by Gasteiger charge is -2.09. The van der Waals surface area contributed by atoms with E-state index >= 15 is 0 Å². The van der Waals surface area contributed by atoms with Crippen molar-refractivity contribution in [1.29, 1.82) is 0 Å². The lowest BCUT2D eigenvalue weighted by molar-refractivity contribution is 0.0951. The molecule has 0 atom stereocenters. The maximum atomic E-state index is 12.5. The van der Waals surface area contributed by atoms with Crippen molar-refractivity contribution in [3.63, 3.8) is 0 Å². The van der Waals surface area contributed by atoms with Crippen molar-refractivity contribution in [1.82, 2.24) is 14.9 Å². The number of nitrogens with zero attached hydrogens (tertiary/aromatic N) is 2. The second kappa shape index (κ2) is 8.27. The fourth-order valence-electron chi connectivity index (χ4n) is 3.29. The summed E-state index contributed by atoms with van der Waals surface area (Å²) in [7, 11) is 0. The van der Waals surface area contributed by atoms with Crippen LogP contribution in [-0.2, 0) is 13.1 Å². The van der Waals surface area contributed by atoms with Gasteiger partial charge in [0.2, 0.25) is 0 Å². The molecule has 0 radical (unpaired) electrons. The number of fused-ring (bicyclic) bond motifs is 1. The maximum Gasteiger partial charge on any atom is 0.251 e. The molecule has 0 saturated heterocycles. The van der Waals surface area contributed by atoms with Gasteiger partial charge in [0.15, 0.2) is 0 Å². The van der Waals surface area contributed by atoms with Crippen LogP contribution in [-0.4, -0.2) is 15.5 Å². The first-order valence-corrected chi connectivity index (χ1v) is 10.00. The highest BCUT2D eigenvalue weighted by atomic mass is 35.5. The van der Waals surface area contributed by atoms with Crippen LogP contribution in [0.15, 0.2) is 66.7 Å². The summed E-state index contributed by atoms with van der Waals surface area (Å²) in [6.07, 6.45) is 0. The number of carbonyl (C=O) groups excluding carboxylic acids is 1. The number of rotatable bonds is 5. The van der Waals surface area contributed by atoms with Gasteiger partial charge in [0, 0.05) is 18.7 Å². The first-order chi connectivity index (χ1) is 14.0. The quantitative estimate of drug-likeness (QED) is 0.451. The third-order valence-corrected chi connectivity index (χ3v) is 5.56. The van der Waals surface area contributed by atoms with Crippen LogP contribution in [0.3, 0.4) is 0 Å². The predicted octanol–water partition coefficient (Wildman–Crippen LogP) is 5.63. The molecule has 4 rings (SSSR count). The number of aryl methyl sites for hydroxylation is 1. The normalized spacial score (nSPS) is 11.0. The van der Waals surface area contributed by atoms with Gasteiger partial charge in [-0.25, -0.2) is 4.98 Å². The smallest absolute Gasteiger partial charge is 0.251 e. The molecular weight excluding hydrogens is 405 g/mol. The molecule has 0 bridgehead atoms. The fraction of sp³-hybridized carbons (Fsp3) is 0.130. The van der Waals surface area contributed by atoms with Gasteiger partial charge in [-0.05, 0) is 48.4 Å². The number of benzene rings is 3. The Hall–Kier alpha value is -2.82. The molecule has 0 saturated carbocycles. The molecule has 6 heteroatoms. The zero-order chi connectivity index (χ0) is 20.4. The molecule has 1 N–H and O–H groups in total. The Morgan fingerprint density at radius 2 is 1.76 bits per heavy atom. The summed E-state index contributed by atoms with van der Waals surface area (Å²) in [6.45, 7) is 3.06. The minimum absolute atomic E-state index is 0.118. The van der Waals surface area contributed by atoms with E-state index in [0.29, 0.717) is 28.7 Å². The summed E-state index contributed by atoms with van der Waals surface area (Å²) < 4.78 is 2.10. The monoisotopic (exact) mass is 423 g/mol. The number of amides is 1. The van der Waals surface area contributed by atoms with Crippen molar-refractivity contribution in [2.75, 3.05) is 0 Å². The van der Waals surface area contributed by atoms with Gasteiger partial charge in [-0.15, -0.1) is 0 Å². The molecule has 29 heavy (non-hydrogen) atoms. The van der Waals surface area contributed by atoms with Crippen LogP contribution in [0, 0.1) is 6.92 Å². The van der Waals surface area contributed by atoms with Crippen molar-refractivity contribution in [2.45, 2.75) is 20.0 Å². The van der Waals surface area contributed by atoms with E-state index < -0.39 is 0 Å². The molecular formula is C23H19Cl2N3O. The van der Waals surface area contributed by atoms with E-state index in [2.05, 4.69) is 14.9 Å². The van der Waals surface area contributed by atoms with E-state index in [1.165, 1.54) is 0 Å². The van der Waals surface area contributed by atoms with Crippen LogP contribution in [0.4, 0.5) is 0 Å². The molecule has 1 heterocycles. The van der Waals surface area contributed by atoms with E-state index in [1.807, 2.05) is 67.6 Å². The lowest BCUT2D eigenvalue weighted by Crippen LogP contribution is -2.22. The molecule has 0 spiro atoms. The number of hydrogen-bond acceptors (Lipinski definition) is 2. The van der Waals surface area contributed by atoms with Crippen LogP contribution in [0.5, 0.6) is 0 Å². The molecule has 1 amide bonds. The van der Waals surface area contributed by atoms with Crippen LogP contribution in [0.25, 0.3) is 11.0 Å². The summed E-state index contributed by atoms with van der Waals surface area (Å²) in [6, 6.07) is 21.0. The van der Waals surface area contributed by atoms with Gasteiger partial charge in [-0.1, -0.05) is 59.6 Å². The lowest BCUT2D eigenvalue weighted by atomic mass is 10.1. The van der Waals surface area contributed by atoms with Crippen LogP contribution in [0.2, 0.25) is 10.0 Å². The molecule has 0 unspecified atom stereocenters. The summed E-state index contributed by atoms with van der Waals surface area (Å²) >= 11 is 12.2. The van der Waals surface area contributed by atoms with Crippen molar-refractivity contribution in [2.24, 2.45) is 0 Å². The van der Waals surface area contributed by atoms with Gasteiger partial charge in [-0.3, -0.25) is 4.79 Å². The van der Waals surface area contributed by atoms with Gasteiger partial charge in [0.05, 0.1) is 21.1 Å². The van der Waals surface area contributed by atoms with Crippen molar-refractivity contribution in [3.05, 3.63) is 99.3 Å². The van der Waals surface area contributed by atoms with Crippen molar-refractivity contribution >= 4 is 40.1 Å². The number of nitrogens with one attached hydrogen (secondary N) is 1. The molecule has 0 aliphatic heterocycles. The standard InChI is InChI=1S/C23H19Cl2N3O/c1-15-27-21-12-18(23(29)26-13-16-5-3-2-4-6-16)8-10-22(21)28(15)14-17-7-9-19(24)20(25)11-17/h2-12H,13-14H2,1H3,(H,26,29). The second-order valence-electron chi connectivity index (χ2n) is 6.87. The van der Waals surface area contributed by atoms with Gasteiger partial charge in [0.25, 0.3) is 5.91 Å². The summed E-state index contributed by atoms with van der Waals surface area (Å²) in [4.78, 5) is 17.2. The Balaban J connectivity index is 1.55. The van der Waals surface area contributed by atoms with Crippen LogP contribution >= 0.6 is 23.2 Å². The minimum atomic E-state index is -0.118. The highest BCUT2D eigenvalue weighted by Crippen LogP contribution is 2.25. The van der Waals surface area contributed by atoms with Crippen LogP contribution < -0.4 is 5.32 Å². The Kier molecular flexibility index (Phi) is 5.56. The summed E-state index contributed by atoms with van der Waals surface area (Å²) in [5.41, 5.74) is 4.44. The van der Waals surface area contributed by atoms with E-state index in [1.54, 1.807) is 6.07 Å². The first-order valence-electron chi connectivity index (χ1n) is 9.24. The van der Waals surface area contributed by atoms with Crippen molar-refractivity contribution in [3.8, 4) is 0 Å². The molecule has 1 aromatic heterocycles. The molecule has 0 aliphatic rings. The van der Waals surface area contributed by atoms with Gasteiger partial charge >= 0.3 is 0 Å². The van der Waals surface area contributed by atoms with Gasteiger partial charge < -0.3 is 9.88 Å². The van der Waals surface area contributed by atoms with E-state index in [-0.39, 0.29) is 5.91 Å². The minimum Gasteiger partial charge on any atom is -0.348 e. The Morgan fingerprint density at radius 1 is 0.966 bits per heavy atom. The number of carbonyl (C=O) groups is 1. The SMILES string of the molecule is Cc1nc2cc(C(=O)NCc3ccccc3)ccc2n1Cc1ccc(Cl)c(Cl)c1. The highest BCUT2D eigenvalue weighted by molar-refractivity contribution is 6.42. The number of halogens is 2. The van der Waals surface area contributed by atoms with Gasteiger partial charge in [0.1, 0.15) is 5.82 Å². The molecule has 4 aromatic rings. The van der Waals surface area contributed by atoms with Gasteiger partial charge in [-0.2, -0.15) is 0 Å². The molecule has 4 nitrogen and oxygen atoms in total. The fourth-order valence-corrected chi connectivity index (χ4v) is 3.61. The molecule has 0 fully saturated rings. The Labute approximate surface area is 179 Å². The third-order valence-electron chi connectivity index (χ3n) is 4.82. The largest absolute Gasteiger partial charge is 0.348 e. The zero-order valence-electron chi connectivity index (χ0n) is 15.8. The number of imidazole rings is 1. The maximum absolute atomic E-state index is 12.5. The predicted molar refractivity (Wildman–Crippen MR) is 118 cm³/mol. The number of aromatic nitrogens is 2. The Bertz CT molecular complexity index is 1190. The highest BCUT2D eigenvalue weighted by Gasteiger charge is 2.12. The average Bonchev–Trinajstić information content (AvgIpc) is 3.04. The van der Waals surface area contributed by atoms with E-state index in [0.717, 1.165) is 28.0 Å².